The molecule has 1 heterocycles. The van der Waals surface area contributed by atoms with Gasteiger partial charge in [0.1, 0.15) is 0 Å². The molecule has 98 valence electrons. The molecule has 2 rings (SSSR count). The van der Waals surface area contributed by atoms with Crippen molar-refractivity contribution >= 4 is 10.9 Å². The van der Waals surface area contributed by atoms with Crippen molar-refractivity contribution in [2.75, 3.05) is 6.54 Å². The van der Waals surface area contributed by atoms with Gasteiger partial charge in [0, 0.05) is 30.3 Å². The molecule has 0 spiro atoms. The van der Waals surface area contributed by atoms with Crippen LogP contribution in [0.25, 0.3) is 10.9 Å². The van der Waals surface area contributed by atoms with Crippen molar-refractivity contribution in [1.29, 1.82) is 0 Å². The van der Waals surface area contributed by atoms with E-state index in [0.29, 0.717) is 13.1 Å². The van der Waals surface area contributed by atoms with Gasteiger partial charge in [0.05, 0.1) is 6.10 Å². The van der Waals surface area contributed by atoms with Crippen LogP contribution in [0.3, 0.4) is 0 Å². The molecule has 1 atom stereocenters. The Labute approximate surface area is 108 Å². The average molecular weight is 246 g/mol. The van der Waals surface area contributed by atoms with Crippen molar-refractivity contribution in [3.05, 3.63) is 36.5 Å². The van der Waals surface area contributed by atoms with E-state index in [4.69, 9.17) is 0 Å². The van der Waals surface area contributed by atoms with Crippen LogP contribution in [0, 0.1) is 0 Å². The Morgan fingerprint density at radius 2 is 1.94 bits per heavy atom. The molecule has 0 aliphatic rings. The van der Waals surface area contributed by atoms with Crippen LogP contribution in [0.5, 0.6) is 0 Å². The molecule has 0 amide bonds. The monoisotopic (exact) mass is 246 g/mol. The highest BCUT2D eigenvalue weighted by Crippen LogP contribution is 2.15. The topological polar surface area (TPSA) is 37.2 Å². The van der Waals surface area contributed by atoms with Crippen LogP contribution in [0.1, 0.15) is 20.8 Å². The van der Waals surface area contributed by atoms with E-state index in [9.17, 15) is 5.11 Å². The van der Waals surface area contributed by atoms with Gasteiger partial charge in [-0.05, 0) is 38.3 Å². The van der Waals surface area contributed by atoms with Gasteiger partial charge in [-0.3, -0.25) is 0 Å². The number of nitrogens with one attached hydrogen (secondary N) is 1. The smallest absolute Gasteiger partial charge is 0.0843 e. The van der Waals surface area contributed by atoms with E-state index in [1.165, 1.54) is 10.9 Å². The second kappa shape index (κ2) is 5.12. The Kier molecular flexibility index (Phi) is 3.73. The fraction of sp³-hybridized carbons (Fsp3) is 0.467. The summed E-state index contributed by atoms with van der Waals surface area (Å²) < 4.78 is 2.10. The summed E-state index contributed by atoms with van der Waals surface area (Å²) in [5.74, 6) is 0. The molecule has 2 aromatic rings. The van der Waals surface area contributed by atoms with Gasteiger partial charge in [-0.2, -0.15) is 0 Å². The number of rotatable bonds is 4. The molecule has 18 heavy (non-hydrogen) atoms. The minimum Gasteiger partial charge on any atom is -0.390 e. The predicted molar refractivity (Wildman–Crippen MR) is 75.7 cm³/mol. The van der Waals surface area contributed by atoms with Gasteiger partial charge in [-0.15, -0.1) is 0 Å². The fourth-order valence-electron chi connectivity index (χ4n) is 2.02. The SMILES string of the molecule is CC(C)(C)NCC(O)Cn1ccc2ccccc21. The van der Waals surface area contributed by atoms with E-state index in [1.54, 1.807) is 0 Å². The minimum atomic E-state index is -0.375. The zero-order chi connectivity index (χ0) is 13.2. The number of benzene rings is 1. The summed E-state index contributed by atoms with van der Waals surface area (Å²) in [6.45, 7) is 7.53. The molecule has 0 bridgehead atoms. The molecule has 3 heteroatoms. The number of aromatic nitrogens is 1. The molecule has 0 aliphatic heterocycles. The van der Waals surface area contributed by atoms with E-state index in [1.807, 2.05) is 18.3 Å². The lowest BCUT2D eigenvalue weighted by molar-refractivity contribution is 0.143. The second-order valence-corrected chi connectivity index (χ2v) is 5.81. The fourth-order valence-corrected chi connectivity index (χ4v) is 2.02. The van der Waals surface area contributed by atoms with Gasteiger partial charge in [0.25, 0.3) is 0 Å². The zero-order valence-electron chi connectivity index (χ0n) is 11.4. The lowest BCUT2D eigenvalue weighted by atomic mass is 10.1. The van der Waals surface area contributed by atoms with Gasteiger partial charge in [-0.1, -0.05) is 18.2 Å². The van der Waals surface area contributed by atoms with Gasteiger partial charge in [0.15, 0.2) is 0 Å². The Hall–Kier alpha value is -1.32. The summed E-state index contributed by atoms with van der Waals surface area (Å²) in [5.41, 5.74) is 1.21. The van der Waals surface area contributed by atoms with Gasteiger partial charge in [0.2, 0.25) is 0 Å². The van der Waals surface area contributed by atoms with E-state index < -0.39 is 0 Å². The third-order valence-electron chi connectivity index (χ3n) is 2.96. The molecule has 0 aliphatic carbocycles. The maximum atomic E-state index is 10.1. The highest BCUT2D eigenvalue weighted by Gasteiger charge is 2.13. The van der Waals surface area contributed by atoms with Crippen molar-refractivity contribution in [3.8, 4) is 0 Å². The number of aliphatic hydroxyl groups is 1. The maximum Gasteiger partial charge on any atom is 0.0843 e. The van der Waals surface area contributed by atoms with Gasteiger partial charge < -0.3 is 15.0 Å². The summed E-state index contributed by atoms with van der Waals surface area (Å²) in [6, 6.07) is 10.3. The number of para-hydroxylation sites is 1. The molecular formula is C15H22N2O. The number of fused-ring (bicyclic) bond motifs is 1. The quantitative estimate of drug-likeness (QED) is 0.869. The summed E-state index contributed by atoms with van der Waals surface area (Å²) in [4.78, 5) is 0. The van der Waals surface area contributed by atoms with Crippen molar-refractivity contribution in [2.45, 2.75) is 39.0 Å². The first-order chi connectivity index (χ1) is 8.46. The molecule has 0 saturated heterocycles. The largest absolute Gasteiger partial charge is 0.390 e. The highest BCUT2D eigenvalue weighted by molar-refractivity contribution is 5.79. The van der Waals surface area contributed by atoms with Gasteiger partial charge >= 0.3 is 0 Å². The Morgan fingerprint density at radius 1 is 1.22 bits per heavy atom. The third kappa shape index (κ3) is 3.34. The van der Waals surface area contributed by atoms with E-state index >= 15 is 0 Å². The van der Waals surface area contributed by atoms with Crippen molar-refractivity contribution < 1.29 is 5.11 Å². The van der Waals surface area contributed by atoms with Crippen LogP contribution >= 0.6 is 0 Å². The summed E-state index contributed by atoms with van der Waals surface area (Å²) in [6.07, 6.45) is 1.66. The predicted octanol–water partition coefficient (Wildman–Crippen LogP) is 2.39. The van der Waals surface area contributed by atoms with Crippen molar-refractivity contribution in [2.24, 2.45) is 0 Å². The molecule has 2 N–H and O–H groups in total. The van der Waals surface area contributed by atoms with Gasteiger partial charge in [-0.25, -0.2) is 0 Å². The maximum absolute atomic E-state index is 10.1. The third-order valence-corrected chi connectivity index (χ3v) is 2.96. The van der Waals surface area contributed by atoms with E-state index in [0.717, 1.165) is 0 Å². The second-order valence-electron chi connectivity index (χ2n) is 5.81. The summed E-state index contributed by atoms with van der Waals surface area (Å²) in [5, 5.41) is 14.6. The van der Waals surface area contributed by atoms with Crippen LogP contribution in [-0.4, -0.2) is 27.9 Å². The summed E-state index contributed by atoms with van der Waals surface area (Å²) in [7, 11) is 0. The van der Waals surface area contributed by atoms with E-state index in [-0.39, 0.29) is 11.6 Å². The normalized spacial score (nSPS) is 14.0. The molecule has 1 aromatic carbocycles. The lowest BCUT2D eigenvalue weighted by Gasteiger charge is -2.23. The molecule has 0 saturated carbocycles. The molecule has 1 unspecified atom stereocenters. The van der Waals surface area contributed by atoms with Crippen molar-refractivity contribution in [1.82, 2.24) is 9.88 Å². The zero-order valence-corrected chi connectivity index (χ0v) is 11.4. The minimum absolute atomic E-state index is 0.0414. The average Bonchev–Trinajstić information content (AvgIpc) is 2.70. The van der Waals surface area contributed by atoms with Crippen LogP contribution in [0.2, 0.25) is 0 Å². The van der Waals surface area contributed by atoms with Crippen LogP contribution in [0.15, 0.2) is 36.5 Å². The Bertz CT molecular complexity index is 510. The molecule has 3 nitrogen and oxygen atoms in total. The first kappa shape index (κ1) is 13.1. The number of hydrogen-bond acceptors (Lipinski definition) is 2. The lowest BCUT2D eigenvalue weighted by Crippen LogP contribution is -2.41. The number of β-amino-alcohol motifs (C(OH)–C–C–N with tert-alkyl or cyclic N) is 1. The molecule has 1 aromatic heterocycles. The Morgan fingerprint density at radius 3 is 2.67 bits per heavy atom. The van der Waals surface area contributed by atoms with E-state index in [2.05, 4.69) is 48.9 Å². The molecule has 0 fully saturated rings. The summed E-state index contributed by atoms with van der Waals surface area (Å²) >= 11 is 0. The molecular weight excluding hydrogens is 224 g/mol. The van der Waals surface area contributed by atoms with Crippen LogP contribution in [-0.2, 0) is 6.54 Å². The van der Waals surface area contributed by atoms with Crippen LogP contribution in [0.4, 0.5) is 0 Å². The number of nitrogens with zero attached hydrogens (tertiary/aromatic N) is 1. The number of hydrogen-bond donors (Lipinski definition) is 2. The van der Waals surface area contributed by atoms with Crippen LogP contribution < -0.4 is 5.32 Å². The molecule has 0 radical (unpaired) electrons. The Balaban J connectivity index is 2.01. The highest BCUT2D eigenvalue weighted by atomic mass is 16.3. The number of aliphatic hydroxyl groups excluding tert-OH is 1. The standard InChI is InChI=1S/C15H22N2O/c1-15(2,3)16-10-13(18)11-17-9-8-12-6-4-5-7-14(12)17/h4-9,13,16,18H,10-11H2,1-3H3. The first-order valence-electron chi connectivity index (χ1n) is 6.43. The van der Waals surface area contributed by atoms with Crippen molar-refractivity contribution in [3.63, 3.8) is 0 Å². The first-order valence-corrected chi connectivity index (χ1v) is 6.43.